The van der Waals surface area contributed by atoms with E-state index in [1.165, 1.54) is 7.11 Å². The van der Waals surface area contributed by atoms with Gasteiger partial charge in [-0.15, -0.1) is 0 Å². The summed E-state index contributed by atoms with van der Waals surface area (Å²) in [5.41, 5.74) is -1.03. The zero-order chi connectivity index (χ0) is 9.19. The van der Waals surface area contributed by atoms with E-state index >= 15 is 0 Å². The highest BCUT2D eigenvalue weighted by molar-refractivity contribution is 6.06. The Morgan fingerprint density at radius 2 is 2.33 bits per heavy atom. The summed E-state index contributed by atoms with van der Waals surface area (Å²) in [4.78, 5) is 22.6. The third kappa shape index (κ3) is 1.26. The molecule has 0 bridgehead atoms. The second-order valence-corrected chi connectivity index (χ2v) is 3.06. The third-order valence-electron chi connectivity index (χ3n) is 2.18. The summed E-state index contributed by atoms with van der Waals surface area (Å²) in [6.45, 7) is 1.59. The van der Waals surface area contributed by atoms with Crippen molar-refractivity contribution < 1.29 is 14.3 Å². The average molecular weight is 168 g/mol. The van der Waals surface area contributed by atoms with Crippen LogP contribution in [-0.2, 0) is 14.3 Å². The molecule has 0 spiro atoms. The first-order chi connectivity index (χ1) is 5.61. The van der Waals surface area contributed by atoms with E-state index in [4.69, 9.17) is 0 Å². The molecule has 0 saturated heterocycles. The summed E-state index contributed by atoms with van der Waals surface area (Å²) >= 11 is 0. The van der Waals surface area contributed by atoms with Crippen molar-refractivity contribution >= 4 is 11.8 Å². The van der Waals surface area contributed by atoms with Gasteiger partial charge in [0.2, 0.25) is 0 Å². The molecular weight excluding hydrogens is 156 g/mol. The second-order valence-electron chi connectivity index (χ2n) is 3.06. The van der Waals surface area contributed by atoms with Crippen LogP contribution in [0.1, 0.15) is 19.8 Å². The van der Waals surface area contributed by atoms with Gasteiger partial charge in [-0.3, -0.25) is 9.59 Å². The lowest BCUT2D eigenvalue weighted by molar-refractivity contribution is -0.153. The molecule has 66 valence electrons. The van der Waals surface area contributed by atoms with Gasteiger partial charge in [0.25, 0.3) is 0 Å². The molecule has 0 N–H and O–H groups in total. The predicted molar refractivity (Wildman–Crippen MR) is 43.5 cm³/mol. The first-order valence-electron chi connectivity index (χ1n) is 3.90. The first-order valence-corrected chi connectivity index (χ1v) is 3.90. The van der Waals surface area contributed by atoms with Crippen LogP contribution in [0.2, 0.25) is 0 Å². The lowest BCUT2D eigenvalue weighted by Gasteiger charge is -2.23. The normalized spacial score (nSPS) is 28.7. The third-order valence-corrected chi connectivity index (χ3v) is 2.18. The molecule has 12 heavy (non-hydrogen) atoms. The molecule has 1 rings (SSSR count). The molecule has 0 aromatic rings. The number of carbonyl (C=O) groups excluding carboxylic acids is 2. The summed E-state index contributed by atoms with van der Waals surface area (Å²) in [7, 11) is 1.29. The Balaban J connectivity index is 2.94. The topological polar surface area (TPSA) is 43.4 Å². The van der Waals surface area contributed by atoms with Gasteiger partial charge in [0.15, 0.2) is 5.78 Å². The molecule has 1 atom stereocenters. The van der Waals surface area contributed by atoms with Crippen molar-refractivity contribution in [3.05, 3.63) is 12.2 Å². The molecule has 0 amide bonds. The van der Waals surface area contributed by atoms with Gasteiger partial charge in [0, 0.05) is 6.42 Å². The number of esters is 1. The van der Waals surface area contributed by atoms with Crippen LogP contribution >= 0.6 is 0 Å². The molecular formula is C9H12O3. The number of hydrogen-bond acceptors (Lipinski definition) is 3. The summed E-state index contributed by atoms with van der Waals surface area (Å²) in [6.07, 6.45) is 4.64. The van der Waals surface area contributed by atoms with E-state index in [0.29, 0.717) is 6.42 Å². The van der Waals surface area contributed by atoms with Crippen LogP contribution in [0.5, 0.6) is 0 Å². The van der Waals surface area contributed by atoms with Crippen LogP contribution in [0, 0.1) is 5.41 Å². The molecule has 0 heterocycles. The quantitative estimate of drug-likeness (QED) is 0.334. The standard InChI is InChI=1S/C9H12O3/c1-9(8(11)12-2)6-4-3-5-7(9)10/h4,6H,3,5H2,1-2H3. The van der Waals surface area contributed by atoms with Crippen molar-refractivity contribution in [2.75, 3.05) is 7.11 Å². The number of ether oxygens (including phenoxy) is 1. The van der Waals surface area contributed by atoms with Crippen molar-refractivity contribution in [2.45, 2.75) is 19.8 Å². The Bertz CT molecular complexity index is 242. The van der Waals surface area contributed by atoms with E-state index in [1.807, 2.05) is 6.08 Å². The van der Waals surface area contributed by atoms with Crippen LogP contribution in [0.3, 0.4) is 0 Å². The molecule has 0 fully saturated rings. The summed E-state index contributed by atoms with van der Waals surface area (Å²) < 4.78 is 4.55. The maximum absolute atomic E-state index is 11.4. The molecule has 1 aliphatic rings. The lowest BCUT2D eigenvalue weighted by atomic mass is 9.80. The molecule has 3 nitrogen and oxygen atoms in total. The number of rotatable bonds is 1. The van der Waals surface area contributed by atoms with Crippen molar-refractivity contribution in [3.63, 3.8) is 0 Å². The van der Waals surface area contributed by atoms with Gasteiger partial charge in [-0.25, -0.2) is 0 Å². The van der Waals surface area contributed by atoms with Gasteiger partial charge in [-0.1, -0.05) is 12.2 Å². The Kier molecular flexibility index (Phi) is 2.31. The molecule has 1 aliphatic carbocycles. The van der Waals surface area contributed by atoms with E-state index in [1.54, 1.807) is 13.0 Å². The number of carbonyl (C=O) groups is 2. The van der Waals surface area contributed by atoms with Crippen LogP contribution in [0.15, 0.2) is 12.2 Å². The minimum atomic E-state index is -1.03. The fraction of sp³-hybridized carbons (Fsp3) is 0.556. The number of allylic oxidation sites excluding steroid dienone is 1. The van der Waals surface area contributed by atoms with Gasteiger partial charge in [-0.2, -0.15) is 0 Å². The molecule has 0 aromatic heterocycles. The lowest BCUT2D eigenvalue weighted by Crippen LogP contribution is -2.37. The summed E-state index contributed by atoms with van der Waals surface area (Å²) in [6, 6.07) is 0. The van der Waals surface area contributed by atoms with E-state index in [0.717, 1.165) is 6.42 Å². The van der Waals surface area contributed by atoms with Gasteiger partial charge in [0.1, 0.15) is 5.41 Å². The van der Waals surface area contributed by atoms with Crippen molar-refractivity contribution in [1.82, 2.24) is 0 Å². The summed E-state index contributed by atoms with van der Waals surface area (Å²) in [5.74, 6) is -0.527. The van der Waals surface area contributed by atoms with Gasteiger partial charge >= 0.3 is 5.97 Å². The average Bonchev–Trinajstić information content (AvgIpc) is 2.09. The molecule has 0 aliphatic heterocycles. The maximum Gasteiger partial charge on any atom is 0.322 e. The minimum Gasteiger partial charge on any atom is -0.468 e. The van der Waals surface area contributed by atoms with Gasteiger partial charge in [-0.05, 0) is 13.3 Å². The molecule has 3 heteroatoms. The predicted octanol–water partition coefficient (Wildman–Crippen LogP) is 1.08. The van der Waals surface area contributed by atoms with Crippen molar-refractivity contribution in [3.8, 4) is 0 Å². The zero-order valence-electron chi connectivity index (χ0n) is 7.29. The van der Waals surface area contributed by atoms with Crippen LogP contribution in [0.25, 0.3) is 0 Å². The molecule has 0 saturated carbocycles. The highest BCUT2D eigenvalue weighted by Gasteiger charge is 2.40. The molecule has 0 radical (unpaired) electrons. The molecule has 1 unspecified atom stereocenters. The summed E-state index contributed by atoms with van der Waals surface area (Å²) in [5, 5.41) is 0. The Morgan fingerprint density at radius 1 is 1.67 bits per heavy atom. The van der Waals surface area contributed by atoms with E-state index < -0.39 is 11.4 Å². The smallest absolute Gasteiger partial charge is 0.322 e. The Hall–Kier alpha value is -1.12. The number of ketones is 1. The highest BCUT2D eigenvalue weighted by atomic mass is 16.5. The second kappa shape index (κ2) is 3.09. The number of methoxy groups -OCH3 is 1. The maximum atomic E-state index is 11.4. The van der Waals surface area contributed by atoms with Crippen LogP contribution < -0.4 is 0 Å². The van der Waals surface area contributed by atoms with Gasteiger partial charge < -0.3 is 4.74 Å². The fourth-order valence-electron chi connectivity index (χ4n) is 1.28. The highest BCUT2D eigenvalue weighted by Crippen LogP contribution is 2.28. The van der Waals surface area contributed by atoms with Gasteiger partial charge in [0.05, 0.1) is 7.11 Å². The Labute approximate surface area is 71.4 Å². The monoisotopic (exact) mass is 168 g/mol. The van der Waals surface area contributed by atoms with E-state index in [-0.39, 0.29) is 5.78 Å². The van der Waals surface area contributed by atoms with Crippen LogP contribution in [0.4, 0.5) is 0 Å². The number of Topliss-reactive ketones (excluding diaryl/α,β-unsaturated/α-hetero) is 1. The van der Waals surface area contributed by atoms with Crippen LogP contribution in [-0.4, -0.2) is 18.9 Å². The first kappa shape index (κ1) is 8.97. The SMILES string of the molecule is COC(=O)C1(C)C=CCCC1=O. The largest absolute Gasteiger partial charge is 0.468 e. The fourth-order valence-corrected chi connectivity index (χ4v) is 1.28. The molecule has 0 aromatic carbocycles. The van der Waals surface area contributed by atoms with E-state index in [9.17, 15) is 9.59 Å². The van der Waals surface area contributed by atoms with Crippen molar-refractivity contribution in [1.29, 1.82) is 0 Å². The minimum absolute atomic E-state index is 0.0585. The van der Waals surface area contributed by atoms with Crippen molar-refractivity contribution in [2.24, 2.45) is 5.41 Å². The van der Waals surface area contributed by atoms with E-state index in [2.05, 4.69) is 4.74 Å². The number of hydrogen-bond donors (Lipinski definition) is 0. The zero-order valence-corrected chi connectivity index (χ0v) is 7.29. The Morgan fingerprint density at radius 3 is 2.83 bits per heavy atom.